The van der Waals surface area contributed by atoms with E-state index >= 15 is 0 Å². The minimum atomic E-state index is -0.752. The van der Waals surface area contributed by atoms with Crippen LogP contribution >= 0.6 is 12.4 Å². The van der Waals surface area contributed by atoms with Crippen molar-refractivity contribution in [3.05, 3.63) is 0 Å². The van der Waals surface area contributed by atoms with Crippen LogP contribution in [0.5, 0.6) is 0 Å². The van der Waals surface area contributed by atoms with Crippen molar-refractivity contribution in [1.29, 1.82) is 0 Å². The van der Waals surface area contributed by atoms with Crippen molar-refractivity contribution in [2.75, 3.05) is 19.7 Å². The fourth-order valence-corrected chi connectivity index (χ4v) is 1.75. The van der Waals surface area contributed by atoms with E-state index in [9.17, 15) is 4.79 Å². The first-order chi connectivity index (χ1) is 8.17. The van der Waals surface area contributed by atoms with E-state index in [0.29, 0.717) is 0 Å². The highest BCUT2D eigenvalue weighted by Crippen LogP contribution is 2.04. The quantitative estimate of drug-likeness (QED) is 0.601. The first-order valence-corrected chi connectivity index (χ1v) is 6.82. The van der Waals surface area contributed by atoms with Gasteiger partial charge in [-0.05, 0) is 12.8 Å². The van der Waals surface area contributed by atoms with Crippen LogP contribution in [0.1, 0.15) is 52.4 Å². The summed E-state index contributed by atoms with van der Waals surface area (Å²) in [4.78, 5) is 13.7. The smallest absolute Gasteiger partial charge is 0.241 e. The van der Waals surface area contributed by atoms with Gasteiger partial charge in [0.1, 0.15) is 6.04 Å². The molecule has 1 unspecified atom stereocenters. The molecule has 0 aromatic heterocycles. The number of unbranched alkanes of at least 4 members (excludes halogenated alkanes) is 4. The summed E-state index contributed by atoms with van der Waals surface area (Å²) < 4.78 is 0. The number of rotatable bonds is 10. The van der Waals surface area contributed by atoms with Gasteiger partial charge in [0.05, 0.1) is 6.61 Å². The summed E-state index contributed by atoms with van der Waals surface area (Å²) in [7, 11) is 0. The van der Waals surface area contributed by atoms with Gasteiger partial charge in [0.15, 0.2) is 0 Å². The molecule has 0 saturated carbocycles. The third-order valence-electron chi connectivity index (χ3n) is 2.89. The lowest BCUT2D eigenvalue weighted by atomic mass is 10.2. The Morgan fingerprint density at radius 2 is 1.56 bits per heavy atom. The number of carbonyl (C=O) groups is 1. The molecular formula is C13H29ClN2O2. The molecule has 0 fully saturated rings. The average molecular weight is 281 g/mol. The van der Waals surface area contributed by atoms with Crippen LogP contribution in [0.3, 0.4) is 0 Å². The topological polar surface area (TPSA) is 66.6 Å². The number of hydrogen-bond donors (Lipinski definition) is 2. The normalized spacial score (nSPS) is 11.8. The minimum Gasteiger partial charge on any atom is -0.394 e. The van der Waals surface area contributed by atoms with E-state index in [2.05, 4.69) is 13.8 Å². The van der Waals surface area contributed by atoms with Gasteiger partial charge in [0.25, 0.3) is 0 Å². The number of carbonyl (C=O) groups excluding carboxylic acids is 1. The lowest BCUT2D eigenvalue weighted by Crippen LogP contribution is -2.46. The molecule has 5 heteroatoms. The van der Waals surface area contributed by atoms with E-state index in [-0.39, 0.29) is 24.9 Å². The third kappa shape index (κ3) is 8.72. The SMILES string of the molecule is CCCCCN(CCCCC)C(=O)C(N)CO.Cl. The van der Waals surface area contributed by atoms with Crippen LogP contribution in [0.25, 0.3) is 0 Å². The summed E-state index contributed by atoms with van der Waals surface area (Å²) in [5.41, 5.74) is 5.58. The van der Waals surface area contributed by atoms with Gasteiger partial charge in [-0.1, -0.05) is 39.5 Å². The van der Waals surface area contributed by atoms with Crippen molar-refractivity contribution in [3.63, 3.8) is 0 Å². The zero-order chi connectivity index (χ0) is 13.1. The molecule has 0 rings (SSSR count). The standard InChI is InChI=1S/C13H28N2O2.ClH/c1-3-5-7-9-15(10-8-6-4-2)13(17)12(14)11-16;/h12,16H,3-11,14H2,1-2H3;1H. The fraction of sp³-hybridized carbons (Fsp3) is 0.923. The maximum absolute atomic E-state index is 11.9. The molecule has 110 valence electrons. The number of hydrogen-bond acceptors (Lipinski definition) is 3. The second-order valence-corrected chi connectivity index (χ2v) is 4.53. The Morgan fingerprint density at radius 1 is 1.11 bits per heavy atom. The van der Waals surface area contributed by atoms with E-state index < -0.39 is 6.04 Å². The van der Waals surface area contributed by atoms with Crippen molar-refractivity contribution in [2.45, 2.75) is 58.4 Å². The van der Waals surface area contributed by atoms with Gasteiger partial charge < -0.3 is 15.7 Å². The molecule has 18 heavy (non-hydrogen) atoms. The molecule has 1 atom stereocenters. The highest BCUT2D eigenvalue weighted by atomic mass is 35.5. The van der Waals surface area contributed by atoms with Gasteiger partial charge in [0.2, 0.25) is 5.91 Å². The van der Waals surface area contributed by atoms with E-state index in [1.807, 2.05) is 4.90 Å². The summed E-state index contributed by atoms with van der Waals surface area (Å²) in [6.07, 6.45) is 6.59. The molecule has 0 aliphatic rings. The van der Waals surface area contributed by atoms with E-state index in [0.717, 1.165) is 51.6 Å². The van der Waals surface area contributed by atoms with Crippen LogP contribution in [0.15, 0.2) is 0 Å². The van der Waals surface area contributed by atoms with Crippen LogP contribution in [0.4, 0.5) is 0 Å². The number of nitrogens with zero attached hydrogens (tertiary/aromatic N) is 1. The Labute approximate surface area is 117 Å². The number of halogens is 1. The predicted octanol–water partition coefficient (Wildman–Crippen LogP) is 1.94. The van der Waals surface area contributed by atoms with Gasteiger partial charge in [-0.2, -0.15) is 0 Å². The number of amides is 1. The first-order valence-electron chi connectivity index (χ1n) is 6.82. The summed E-state index contributed by atoms with van der Waals surface area (Å²) in [6, 6.07) is -0.752. The summed E-state index contributed by atoms with van der Waals surface area (Å²) in [5, 5.41) is 8.92. The van der Waals surface area contributed by atoms with Crippen LogP contribution in [-0.4, -0.2) is 41.7 Å². The molecule has 0 aliphatic heterocycles. The van der Waals surface area contributed by atoms with E-state index in [1.54, 1.807) is 0 Å². The Balaban J connectivity index is 0. The Morgan fingerprint density at radius 3 is 1.89 bits per heavy atom. The third-order valence-corrected chi connectivity index (χ3v) is 2.89. The lowest BCUT2D eigenvalue weighted by Gasteiger charge is -2.25. The van der Waals surface area contributed by atoms with E-state index in [4.69, 9.17) is 10.8 Å². The molecule has 0 aliphatic carbocycles. The second kappa shape index (κ2) is 13.1. The Kier molecular flexibility index (Phi) is 14.6. The molecule has 0 heterocycles. The van der Waals surface area contributed by atoms with Crippen molar-refractivity contribution >= 4 is 18.3 Å². The number of aliphatic hydroxyl groups is 1. The Hall–Kier alpha value is -0.320. The molecule has 0 bridgehead atoms. The van der Waals surface area contributed by atoms with Gasteiger partial charge in [-0.25, -0.2) is 0 Å². The summed E-state index contributed by atoms with van der Waals surface area (Å²) in [5.74, 6) is -0.111. The van der Waals surface area contributed by atoms with Crippen molar-refractivity contribution in [1.82, 2.24) is 4.90 Å². The monoisotopic (exact) mass is 280 g/mol. The van der Waals surface area contributed by atoms with Gasteiger partial charge in [0, 0.05) is 13.1 Å². The average Bonchev–Trinajstić information content (AvgIpc) is 2.35. The Bertz CT molecular complexity index is 193. The minimum absolute atomic E-state index is 0. The molecule has 0 aromatic carbocycles. The summed E-state index contributed by atoms with van der Waals surface area (Å²) >= 11 is 0. The maximum Gasteiger partial charge on any atom is 0.241 e. The molecular weight excluding hydrogens is 252 g/mol. The van der Waals surface area contributed by atoms with Crippen molar-refractivity contribution in [2.24, 2.45) is 5.73 Å². The van der Waals surface area contributed by atoms with Crippen LogP contribution in [-0.2, 0) is 4.79 Å². The molecule has 0 spiro atoms. The molecule has 0 aromatic rings. The van der Waals surface area contributed by atoms with Crippen LogP contribution in [0.2, 0.25) is 0 Å². The first kappa shape index (κ1) is 20.0. The van der Waals surface area contributed by atoms with E-state index in [1.165, 1.54) is 0 Å². The fourth-order valence-electron chi connectivity index (χ4n) is 1.75. The number of aliphatic hydroxyl groups excluding tert-OH is 1. The van der Waals surface area contributed by atoms with Gasteiger partial charge in [-0.3, -0.25) is 4.79 Å². The van der Waals surface area contributed by atoms with Crippen molar-refractivity contribution < 1.29 is 9.90 Å². The molecule has 4 nitrogen and oxygen atoms in total. The molecule has 3 N–H and O–H groups in total. The maximum atomic E-state index is 11.9. The zero-order valence-electron chi connectivity index (χ0n) is 11.7. The predicted molar refractivity (Wildman–Crippen MR) is 77.9 cm³/mol. The highest BCUT2D eigenvalue weighted by molar-refractivity contribution is 5.85. The largest absolute Gasteiger partial charge is 0.394 e. The van der Waals surface area contributed by atoms with Crippen LogP contribution < -0.4 is 5.73 Å². The molecule has 1 amide bonds. The number of nitrogens with two attached hydrogens (primary N) is 1. The molecule has 0 saturated heterocycles. The summed E-state index contributed by atoms with van der Waals surface area (Å²) in [6.45, 7) is 5.55. The van der Waals surface area contributed by atoms with Gasteiger partial charge in [-0.15, -0.1) is 12.4 Å². The van der Waals surface area contributed by atoms with Crippen LogP contribution in [0, 0.1) is 0 Å². The second-order valence-electron chi connectivity index (χ2n) is 4.53. The van der Waals surface area contributed by atoms with Gasteiger partial charge >= 0.3 is 0 Å². The highest BCUT2D eigenvalue weighted by Gasteiger charge is 2.19. The lowest BCUT2D eigenvalue weighted by molar-refractivity contribution is -0.133. The molecule has 0 radical (unpaired) electrons. The zero-order valence-corrected chi connectivity index (χ0v) is 12.5. The van der Waals surface area contributed by atoms with Crippen molar-refractivity contribution in [3.8, 4) is 0 Å².